The summed E-state index contributed by atoms with van der Waals surface area (Å²) in [6, 6.07) is 7.51. The van der Waals surface area contributed by atoms with Gasteiger partial charge in [0.15, 0.2) is 0 Å². The number of primary sulfonamides is 1. The molecule has 0 saturated heterocycles. The Bertz CT molecular complexity index is 462. The molecule has 0 amide bonds. The monoisotopic (exact) mass is 291 g/mol. The number of halogens is 1. The number of rotatable bonds is 8. The van der Waals surface area contributed by atoms with Gasteiger partial charge in [-0.25, -0.2) is 13.6 Å². The first-order valence-electron chi connectivity index (χ1n) is 5.80. The predicted molar refractivity (Wildman–Crippen MR) is 72.9 cm³/mol. The molecular weight excluding hydrogens is 274 g/mol. The van der Waals surface area contributed by atoms with Crippen LogP contribution < -0.4 is 5.14 Å². The van der Waals surface area contributed by atoms with Gasteiger partial charge >= 0.3 is 0 Å². The fourth-order valence-electron chi connectivity index (χ4n) is 1.50. The summed E-state index contributed by atoms with van der Waals surface area (Å²) in [7, 11) is -3.32. The van der Waals surface area contributed by atoms with Crippen LogP contribution in [0.25, 0.3) is 0 Å². The highest BCUT2D eigenvalue weighted by atomic mass is 35.5. The summed E-state index contributed by atoms with van der Waals surface area (Å²) >= 11 is 5.84. The van der Waals surface area contributed by atoms with Crippen LogP contribution in [0.4, 0.5) is 0 Å². The van der Waals surface area contributed by atoms with Gasteiger partial charge in [0.1, 0.15) is 0 Å². The van der Waals surface area contributed by atoms with Crippen LogP contribution >= 0.6 is 11.6 Å². The van der Waals surface area contributed by atoms with Gasteiger partial charge in [-0.1, -0.05) is 30.2 Å². The summed E-state index contributed by atoms with van der Waals surface area (Å²) < 4.78 is 26.8. The molecular formula is C12H18ClNO3S. The average molecular weight is 292 g/mol. The second kappa shape index (κ2) is 7.74. The van der Waals surface area contributed by atoms with Crippen LogP contribution in [0.5, 0.6) is 0 Å². The summed E-state index contributed by atoms with van der Waals surface area (Å²) in [5, 5.41) is 5.59. The predicted octanol–water partition coefficient (Wildman–Crippen LogP) is 2.32. The minimum absolute atomic E-state index is 0.0429. The van der Waals surface area contributed by atoms with Crippen molar-refractivity contribution in [3.05, 3.63) is 34.9 Å². The highest BCUT2D eigenvalue weighted by molar-refractivity contribution is 7.89. The Morgan fingerprint density at radius 2 is 2.00 bits per heavy atom. The van der Waals surface area contributed by atoms with E-state index < -0.39 is 10.0 Å². The van der Waals surface area contributed by atoms with Crippen molar-refractivity contribution >= 4 is 21.6 Å². The molecule has 102 valence electrons. The second-order valence-corrected chi connectivity index (χ2v) is 6.28. The average Bonchev–Trinajstić information content (AvgIpc) is 2.26. The van der Waals surface area contributed by atoms with Crippen molar-refractivity contribution in [1.82, 2.24) is 0 Å². The van der Waals surface area contributed by atoms with E-state index in [4.69, 9.17) is 21.5 Å². The minimum Gasteiger partial charge on any atom is -0.377 e. The molecule has 0 heterocycles. The first kappa shape index (κ1) is 15.4. The first-order chi connectivity index (χ1) is 8.47. The van der Waals surface area contributed by atoms with Crippen LogP contribution in [0.2, 0.25) is 5.02 Å². The summed E-state index contributed by atoms with van der Waals surface area (Å²) in [6.07, 6.45) is 2.21. The lowest BCUT2D eigenvalue weighted by Gasteiger charge is -2.04. The number of ether oxygens (including phenoxy) is 1. The van der Waals surface area contributed by atoms with Crippen LogP contribution in [0.1, 0.15) is 24.8 Å². The molecule has 4 nitrogen and oxygen atoms in total. The molecule has 1 aromatic carbocycles. The summed E-state index contributed by atoms with van der Waals surface area (Å²) in [4.78, 5) is 0. The van der Waals surface area contributed by atoms with Gasteiger partial charge in [0, 0.05) is 11.6 Å². The van der Waals surface area contributed by atoms with Crippen molar-refractivity contribution in [2.45, 2.75) is 25.9 Å². The molecule has 1 aromatic rings. The molecule has 0 unspecified atom stereocenters. The highest BCUT2D eigenvalue weighted by Gasteiger charge is 2.01. The van der Waals surface area contributed by atoms with Gasteiger partial charge in [-0.3, -0.25) is 0 Å². The lowest BCUT2D eigenvalue weighted by Crippen LogP contribution is -2.16. The van der Waals surface area contributed by atoms with Crippen LogP contribution in [0.3, 0.4) is 0 Å². The number of hydrogen-bond acceptors (Lipinski definition) is 3. The van der Waals surface area contributed by atoms with E-state index in [-0.39, 0.29) is 5.75 Å². The maximum atomic E-state index is 10.7. The molecule has 0 radical (unpaired) electrons. The third-order valence-corrected chi connectivity index (χ3v) is 3.47. The zero-order valence-corrected chi connectivity index (χ0v) is 11.7. The Morgan fingerprint density at radius 3 is 2.67 bits per heavy atom. The van der Waals surface area contributed by atoms with Crippen molar-refractivity contribution in [3.63, 3.8) is 0 Å². The molecule has 2 N–H and O–H groups in total. The third-order valence-electron chi connectivity index (χ3n) is 2.38. The van der Waals surface area contributed by atoms with Crippen molar-refractivity contribution in [2.24, 2.45) is 5.14 Å². The van der Waals surface area contributed by atoms with Gasteiger partial charge < -0.3 is 4.74 Å². The molecule has 1 rings (SSSR count). The van der Waals surface area contributed by atoms with Crippen LogP contribution in [0.15, 0.2) is 24.3 Å². The fraction of sp³-hybridized carbons (Fsp3) is 0.500. The van der Waals surface area contributed by atoms with Crippen LogP contribution in [-0.4, -0.2) is 20.8 Å². The Labute approximate surface area is 113 Å². The molecule has 18 heavy (non-hydrogen) atoms. The lowest BCUT2D eigenvalue weighted by molar-refractivity contribution is 0.117. The summed E-state index contributed by atoms with van der Waals surface area (Å²) in [5.41, 5.74) is 1.03. The molecule has 0 aliphatic carbocycles. The highest BCUT2D eigenvalue weighted by Crippen LogP contribution is 2.11. The van der Waals surface area contributed by atoms with E-state index in [2.05, 4.69) is 0 Å². The Morgan fingerprint density at radius 1 is 1.22 bits per heavy atom. The van der Waals surface area contributed by atoms with Crippen molar-refractivity contribution in [3.8, 4) is 0 Å². The maximum absolute atomic E-state index is 10.7. The van der Waals surface area contributed by atoms with E-state index in [9.17, 15) is 8.42 Å². The van der Waals surface area contributed by atoms with E-state index in [0.29, 0.717) is 24.7 Å². The number of hydrogen-bond donors (Lipinski definition) is 1. The van der Waals surface area contributed by atoms with Gasteiger partial charge in [0.05, 0.1) is 12.4 Å². The number of nitrogens with two attached hydrogens (primary N) is 1. The molecule has 0 atom stereocenters. The smallest absolute Gasteiger partial charge is 0.209 e. The second-order valence-electron chi connectivity index (χ2n) is 4.11. The van der Waals surface area contributed by atoms with Gasteiger partial charge in [-0.2, -0.15) is 0 Å². The molecule has 0 aromatic heterocycles. The normalized spacial score (nSPS) is 11.7. The van der Waals surface area contributed by atoms with E-state index >= 15 is 0 Å². The quantitative estimate of drug-likeness (QED) is 0.747. The van der Waals surface area contributed by atoms with Gasteiger partial charge in [0.2, 0.25) is 10.0 Å². The van der Waals surface area contributed by atoms with E-state index in [1.807, 2.05) is 24.3 Å². The number of sulfonamides is 1. The fourth-order valence-corrected chi connectivity index (χ4v) is 2.32. The standard InChI is InChI=1S/C12H18ClNO3S/c13-12-6-4-5-11(9-12)10-17-7-2-1-3-8-18(14,15)16/h4-6,9H,1-3,7-8,10H2,(H2,14,15,16). The molecule has 6 heteroatoms. The van der Waals surface area contributed by atoms with Crippen LogP contribution in [-0.2, 0) is 21.4 Å². The van der Waals surface area contributed by atoms with E-state index in [1.54, 1.807) is 0 Å². The summed E-state index contributed by atoms with van der Waals surface area (Å²) in [6.45, 7) is 1.13. The number of unbranched alkanes of at least 4 members (excludes halogenated alkanes) is 2. The summed E-state index contributed by atoms with van der Waals surface area (Å²) in [5.74, 6) is 0.0429. The Hall–Kier alpha value is -0.620. The molecule has 0 spiro atoms. The zero-order valence-electron chi connectivity index (χ0n) is 10.1. The van der Waals surface area contributed by atoms with Crippen molar-refractivity contribution < 1.29 is 13.2 Å². The Kier molecular flexibility index (Phi) is 6.63. The van der Waals surface area contributed by atoms with Gasteiger partial charge in [-0.15, -0.1) is 0 Å². The Balaban J connectivity index is 2.06. The topological polar surface area (TPSA) is 69.4 Å². The largest absolute Gasteiger partial charge is 0.377 e. The lowest BCUT2D eigenvalue weighted by atomic mass is 10.2. The third kappa shape index (κ3) is 7.66. The molecule has 0 aliphatic rings. The number of benzene rings is 1. The van der Waals surface area contributed by atoms with Crippen molar-refractivity contribution in [1.29, 1.82) is 0 Å². The van der Waals surface area contributed by atoms with E-state index in [1.165, 1.54) is 0 Å². The van der Waals surface area contributed by atoms with Gasteiger partial charge in [0.25, 0.3) is 0 Å². The van der Waals surface area contributed by atoms with Crippen LogP contribution in [0, 0.1) is 0 Å². The van der Waals surface area contributed by atoms with E-state index in [0.717, 1.165) is 18.4 Å². The SMILES string of the molecule is NS(=O)(=O)CCCCCOCc1cccc(Cl)c1. The molecule has 0 aliphatic heterocycles. The minimum atomic E-state index is -3.32. The first-order valence-corrected chi connectivity index (χ1v) is 7.89. The molecule has 0 saturated carbocycles. The van der Waals surface area contributed by atoms with Crippen molar-refractivity contribution in [2.75, 3.05) is 12.4 Å². The molecule has 0 fully saturated rings. The maximum Gasteiger partial charge on any atom is 0.209 e. The zero-order chi connectivity index (χ0) is 13.4. The molecule has 0 bridgehead atoms. The van der Waals surface area contributed by atoms with Gasteiger partial charge in [-0.05, 0) is 30.5 Å².